The number of nitrogens with one attached hydrogen (secondary N) is 2. The number of ether oxygens (including phenoxy) is 1. The number of carbonyl (C=O) groups is 2. The molecule has 0 aliphatic heterocycles. The summed E-state index contributed by atoms with van der Waals surface area (Å²) >= 11 is 2.99. The Labute approximate surface area is 177 Å². The van der Waals surface area contributed by atoms with Crippen LogP contribution in [0, 0.1) is 6.92 Å². The SMILES string of the molecule is COc1ccc2c(c1)cc(C(=O)N[C@H](CCSC)C(=O)Nc1nc(C)cs1)n2C. The highest BCUT2D eigenvalue weighted by molar-refractivity contribution is 7.98. The molecule has 2 amide bonds. The Morgan fingerprint density at radius 1 is 1.34 bits per heavy atom. The van der Waals surface area contributed by atoms with Crippen molar-refractivity contribution < 1.29 is 14.3 Å². The van der Waals surface area contributed by atoms with Gasteiger partial charge in [0.05, 0.1) is 12.8 Å². The molecule has 3 aromatic rings. The minimum atomic E-state index is -0.647. The van der Waals surface area contributed by atoms with Crippen LogP contribution in [0.25, 0.3) is 10.9 Å². The fourth-order valence-corrected chi connectivity index (χ4v) is 4.18. The second kappa shape index (κ2) is 9.32. The van der Waals surface area contributed by atoms with Crippen molar-refractivity contribution in [1.29, 1.82) is 0 Å². The van der Waals surface area contributed by atoms with Gasteiger partial charge in [-0.25, -0.2) is 4.98 Å². The molecular formula is C20H24N4O3S2. The molecule has 0 aliphatic carbocycles. The van der Waals surface area contributed by atoms with Gasteiger partial charge in [-0.1, -0.05) is 0 Å². The first-order valence-corrected chi connectivity index (χ1v) is 11.4. The Balaban J connectivity index is 1.79. The van der Waals surface area contributed by atoms with Gasteiger partial charge in [0, 0.05) is 23.3 Å². The third-order valence-electron chi connectivity index (χ3n) is 4.56. The highest BCUT2D eigenvalue weighted by Gasteiger charge is 2.24. The van der Waals surface area contributed by atoms with Gasteiger partial charge in [0.15, 0.2) is 5.13 Å². The molecule has 7 nitrogen and oxygen atoms in total. The normalized spacial score (nSPS) is 12.0. The number of thioether (sulfide) groups is 1. The average Bonchev–Trinajstić information content (AvgIpc) is 3.27. The molecule has 2 aromatic heterocycles. The Kier molecular flexibility index (Phi) is 6.81. The summed E-state index contributed by atoms with van der Waals surface area (Å²) in [7, 11) is 3.44. The molecule has 0 aliphatic rings. The molecule has 0 fully saturated rings. The first kappa shape index (κ1) is 21.2. The Bertz CT molecular complexity index is 1030. The zero-order valence-electron chi connectivity index (χ0n) is 16.8. The minimum absolute atomic E-state index is 0.262. The fourth-order valence-electron chi connectivity index (χ4n) is 3.01. The number of carbonyl (C=O) groups excluding carboxylic acids is 2. The lowest BCUT2D eigenvalue weighted by Crippen LogP contribution is -2.44. The van der Waals surface area contributed by atoms with Crippen LogP contribution in [0.4, 0.5) is 5.13 Å². The zero-order valence-corrected chi connectivity index (χ0v) is 18.4. The number of rotatable bonds is 8. The minimum Gasteiger partial charge on any atom is -0.497 e. The molecule has 0 saturated carbocycles. The number of anilines is 1. The molecule has 1 aromatic carbocycles. The summed E-state index contributed by atoms with van der Waals surface area (Å²) in [5.41, 5.74) is 2.25. The number of nitrogens with zero attached hydrogens (tertiary/aromatic N) is 2. The number of methoxy groups -OCH3 is 1. The molecule has 1 atom stereocenters. The molecule has 154 valence electrons. The summed E-state index contributed by atoms with van der Waals surface area (Å²) in [6, 6.07) is 6.81. The molecule has 0 radical (unpaired) electrons. The van der Waals surface area contributed by atoms with Crippen molar-refractivity contribution in [3.8, 4) is 5.75 Å². The molecule has 0 bridgehead atoms. The van der Waals surface area contributed by atoms with E-state index in [2.05, 4.69) is 15.6 Å². The maximum Gasteiger partial charge on any atom is 0.268 e. The van der Waals surface area contributed by atoms with E-state index in [1.165, 1.54) is 11.3 Å². The highest BCUT2D eigenvalue weighted by Crippen LogP contribution is 2.24. The first-order chi connectivity index (χ1) is 13.9. The second-order valence-electron chi connectivity index (χ2n) is 6.60. The van der Waals surface area contributed by atoms with Crippen LogP contribution in [0.2, 0.25) is 0 Å². The van der Waals surface area contributed by atoms with E-state index in [0.717, 1.165) is 28.1 Å². The van der Waals surface area contributed by atoms with Crippen LogP contribution in [0.3, 0.4) is 0 Å². The quantitative estimate of drug-likeness (QED) is 0.570. The average molecular weight is 433 g/mol. The molecule has 29 heavy (non-hydrogen) atoms. The van der Waals surface area contributed by atoms with E-state index in [0.29, 0.717) is 17.2 Å². The molecule has 2 N–H and O–H groups in total. The van der Waals surface area contributed by atoms with Crippen LogP contribution in [0.15, 0.2) is 29.6 Å². The van der Waals surface area contributed by atoms with Gasteiger partial charge in [-0.15, -0.1) is 11.3 Å². The number of benzene rings is 1. The van der Waals surface area contributed by atoms with Gasteiger partial charge in [-0.2, -0.15) is 11.8 Å². The van der Waals surface area contributed by atoms with Gasteiger partial charge in [0.1, 0.15) is 17.5 Å². The lowest BCUT2D eigenvalue weighted by molar-refractivity contribution is -0.118. The van der Waals surface area contributed by atoms with Crippen molar-refractivity contribution >= 4 is 50.9 Å². The molecule has 9 heteroatoms. The summed E-state index contributed by atoms with van der Waals surface area (Å²) in [6.07, 6.45) is 2.50. The third kappa shape index (κ3) is 4.91. The van der Waals surface area contributed by atoms with Crippen LogP contribution in [0.5, 0.6) is 5.75 Å². The number of hydrogen-bond acceptors (Lipinski definition) is 6. The second-order valence-corrected chi connectivity index (χ2v) is 8.45. The van der Waals surface area contributed by atoms with Crippen molar-refractivity contribution in [2.45, 2.75) is 19.4 Å². The molecule has 0 spiro atoms. The van der Waals surface area contributed by atoms with Crippen LogP contribution in [-0.4, -0.2) is 46.5 Å². The van der Waals surface area contributed by atoms with E-state index in [1.807, 2.05) is 48.4 Å². The highest BCUT2D eigenvalue weighted by atomic mass is 32.2. The van der Waals surface area contributed by atoms with E-state index in [1.54, 1.807) is 24.9 Å². The largest absolute Gasteiger partial charge is 0.497 e. The number of hydrogen-bond donors (Lipinski definition) is 2. The van der Waals surface area contributed by atoms with Crippen molar-refractivity contribution in [1.82, 2.24) is 14.9 Å². The molecule has 0 unspecified atom stereocenters. The number of thiazole rings is 1. The zero-order chi connectivity index (χ0) is 21.0. The van der Waals surface area contributed by atoms with Gasteiger partial charge >= 0.3 is 0 Å². The molecule has 3 rings (SSSR count). The summed E-state index contributed by atoms with van der Waals surface area (Å²) < 4.78 is 7.08. The third-order valence-corrected chi connectivity index (χ3v) is 6.08. The number of amides is 2. The van der Waals surface area contributed by atoms with Crippen LogP contribution in [-0.2, 0) is 11.8 Å². The fraction of sp³-hybridized carbons (Fsp3) is 0.350. The van der Waals surface area contributed by atoms with Crippen molar-refractivity contribution in [3.63, 3.8) is 0 Å². The van der Waals surface area contributed by atoms with Crippen LogP contribution >= 0.6 is 23.1 Å². The number of aryl methyl sites for hydroxylation is 2. The number of aromatic nitrogens is 2. The van der Waals surface area contributed by atoms with Crippen molar-refractivity contribution in [2.75, 3.05) is 24.4 Å². The van der Waals surface area contributed by atoms with E-state index >= 15 is 0 Å². The summed E-state index contributed by atoms with van der Waals surface area (Å²) in [5.74, 6) is 0.925. The van der Waals surface area contributed by atoms with E-state index < -0.39 is 6.04 Å². The van der Waals surface area contributed by atoms with Gasteiger partial charge in [-0.05, 0) is 49.6 Å². The molecular weight excluding hydrogens is 408 g/mol. The summed E-state index contributed by atoms with van der Waals surface area (Å²) in [5, 5.41) is 9.00. The van der Waals surface area contributed by atoms with E-state index in [4.69, 9.17) is 4.74 Å². The van der Waals surface area contributed by atoms with Gasteiger partial charge < -0.3 is 19.9 Å². The first-order valence-electron chi connectivity index (χ1n) is 9.09. The van der Waals surface area contributed by atoms with Gasteiger partial charge in [0.2, 0.25) is 5.91 Å². The smallest absolute Gasteiger partial charge is 0.268 e. The summed E-state index contributed by atoms with van der Waals surface area (Å²) in [4.78, 5) is 30.0. The predicted octanol–water partition coefficient (Wildman–Crippen LogP) is 3.44. The van der Waals surface area contributed by atoms with Gasteiger partial charge in [-0.3, -0.25) is 9.59 Å². The van der Waals surface area contributed by atoms with Crippen LogP contribution < -0.4 is 15.4 Å². The Hall–Kier alpha value is -2.52. The maximum absolute atomic E-state index is 13.0. The van der Waals surface area contributed by atoms with Crippen molar-refractivity contribution in [2.24, 2.45) is 7.05 Å². The molecule has 2 heterocycles. The Morgan fingerprint density at radius 2 is 2.14 bits per heavy atom. The maximum atomic E-state index is 13.0. The topological polar surface area (TPSA) is 85.2 Å². The Morgan fingerprint density at radius 3 is 2.79 bits per heavy atom. The van der Waals surface area contributed by atoms with Crippen molar-refractivity contribution in [3.05, 3.63) is 41.0 Å². The standard InChI is InChI=1S/C20H24N4O3S2/c1-12-11-29-20(21-12)23-18(25)15(7-8-28-4)22-19(26)17-10-13-9-14(27-3)5-6-16(13)24(17)2/h5-6,9-11,15H,7-8H2,1-4H3,(H,22,26)(H,21,23,25)/t15-/m1/s1. The van der Waals surface area contributed by atoms with E-state index in [-0.39, 0.29) is 11.8 Å². The monoisotopic (exact) mass is 432 g/mol. The van der Waals surface area contributed by atoms with Gasteiger partial charge in [0.25, 0.3) is 5.91 Å². The lowest BCUT2D eigenvalue weighted by Gasteiger charge is -2.17. The summed E-state index contributed by atoms with van der Waals surface area (Å²) in [6.45, 7) is 1.87. The lowest BCUT2D eigenvalue weighted by atomic mass is 10.2. The van der Waals surface area contributed by atoms with Crippen LogP contribution in [0.1, 0.15) is 22.6 Å². The molecule has 0 saturated heterocycles. The predicted molar refractivity (Wildman–Crippen MR) is 119 cm³/mol. The van der Waals surface area contributed by atoms with E-state index in [9.17, 15) is 9.59 Å². The number of fused-ring (bicyclic) bond motifs is 1.